The molecule has 0 aliphatic carbocycles. The molecular weight excluding hydrogens is 236 g/mol. The Morgan fingerprint density at radius 3 is 3.00 bits per heavy atom. The minimum atomic E-state index is -0.898. The minimum Gasteiger partial charge on any atom is -0.493 e. The second kappa shape index (κ2) is 5.39. The van der Waals surface area contributed by atoms with Crippen molar-refractivity contribution in [3.05, 3.63) is 24.3 Å². The number of hydrogen-bond acceptors (Lipinski definition) is 3. The largest absolute Gasteiger partial charge is 0.493 e. The zero-order valence-electron chi connectivity index (χ0n) is 9.76. The summed E-state index contributed by atoms with van der Waals surface area (Å²) >= 11 is 0. The van der Waals surface area contributed by atoms with Gasteiger partial charge in [-0.25, -0.2) is 4.79 Å². The van der Waals surface area contributed by atoms with Gasteiger partial charge in [-0.1, -0.05) is 6.07 Å². The Kier molecular flexibility index (Phi) is 3.66. The van der Waals surface area contributed by atoms with E-state index in [2.05, 4.69) is 5.32 Å². The normalized spacial score (nSPS) is 14.4. The molecular formula is C12H14N2O4. The molecule has 0 atom stereocenters. The zero-order valence-corrected chi connectivity index (χ0v) is 9.76. The van der Waals surface area contributed by atoms with Crippen LogP contribution in [0.15, 0.2) is 24.3 Å². The molecule has 0 bridgehead atoms. The van der Waals surface area contributed by atoms with E-state index in [1.165, 1.54) is 0 Å². The quantitative estimate of drug-likeness (QED) is 0.819. The second-order valence-corrected chi connectivity index (χ2v) is 3.87. The molecule has 18 heavy (non-hydrogen) atoms. The van der Waals surface area contributed by atoms with Gasteiger partial charge in [0.05, 0.1) is 13.0 Å². The van der Waals surface area contributed by atoms with Gasteiger partial charge in [-0.2, -0.15) is 0 Å². The van der Waals surface area contributed by atoms with Gasteiger partial charge in [0.1, 0.15) is 5.75 Å². The smallest absolute Gasteiger partial charge is 0.321 e. The van der Waals surface area contributed by atoms with E-state index in [0.29, 0.717) is 18.8 Å². The van der Waals surface area contributed by atoms with Crippen LogP contribution in [-0.2, 0) is 4.79 Å². The van der Waals surface area contributed by atoms with Crippen molar-refractivity contribution in [2.45, 2.75) is 6.42 Å². The molecule has 0 aromatic heterocycles. The summed E-state index contributed by atoms with van der Waals surface area (Å²) in [6, 6.07) is 6.93. The lowest BCUT2D eigenvalue weighted by Crippen LogP contribution is -2.27. The monoisotopic (exact) mass is 250 g/mol. The van der Waals surface area contributed by atoms with Crippen molar-refractivity contribution in [2.24, 2.45) is 0 Å². The number of nitrogens with zero attached hydrogens (tertiary/aromatic N) is 1. The number of carboxylic acid groups (broad SMARTS) is 1. The molecule has 1 fully saturated rings. The predicted molar refractivity (Wildman–Crippen MR) is 64.9 cm³/mol. The maximum atomic E-state index is 11.5. The molecule has 2 N–H and O–H groups in total. The molecule has 0 spiro atoms. The van der Waals surface area contributed by atoms with Crippen LogP contribution in [0.2, 0.25) is 0 Å². The molecule has 6 heteroatoms. The van der Waals surface area contributed by atoms with Crippen molar-refractivity contribution >= 4 is 17.7 Å². The molecule has 1 aromatic carbocycles. The topological polar surface area (TPSA) is 78.9 Å². The number of carboxylic acids is 1. The summed E-state index contributed by atoms with van der Waals surface area (Å²) in [6.07, 6.45) is -0.0472. The van der Waals surface area contributed by atoms with Crippen molar-refractivity contribution in [2.75, 3.05) is 24.6 Å². The number of anilines is 1. The van der Waals surface area contributed by atoms with Crippen LogP contribution < -0.4 is 15.0 Å². The van der Waals surface area contributed by atoms with Gasteiger partial charge in [0, 0.05) is 24.8 Å². The molecule has 2 rings (SSSR count). The van der Waals surface area contributed by atoms with Gasteiger partial charge >= 0.3 is 12.0 Å². The van der Waals surface area contributed by atoms with Crippen molar-refractivity contribution in [3.63, 3.8) is 0 Å². The van der Waals surface area contributed by atoms with Crippen molar-refractivity contribution < 1.29 is 19.4 Å². The van der Waals surface area contributed by atoms with E-state index in [4.69, 9.17) is 9.84 Å². The first-order valence-corrected chi connectivity index (χ1v) is 5.67. The Morgan fingerprint density at radius 2 is 2.33 bits per heavy atom. The Hall–Kier alpha value is -2.24. The maximum Gasteiger partial charge on any atom is 0.321 e. The van der Waals surface area contributed by atoms with Crippen LogP contribution in [0.25, 0.3) is 0 Å². The average molecular weight is 250 g/mol. The maximum absolute atomic E-state index is 11.5. The number of amides is 2. The first-order valence-electron chi connectivity index (χ1n) is 5.67. The summed E-state index contributed by atoms with van der Waals surface area (Å²) < 4.78 is 5.31. The van der Waals surface area contributed by atoms with Crippen LogP contribution in [0.3, 0.4) is 0 Å². The van der Waals surface area contributed by atoms with Crippen LogP contribution in [-0.4, -0.2) is 36.8 Å². The summed E-state index contributed by atoms with van der Waals surface area (Å²) in [5, 5.41) is 11.2. The van der Waals surface area contributed by atoms with Crippen LogP contribution in [0.4, 0.5) is 10.5 Å². The van der Waals surface area contributed by atoms with Gasteiger partial charge in [0.25, 0.3) is 0 Å². The molecule has 2 amide bonds. The highest BCUT2D eigenvalue weighted by Crippen LogP contribution is 2.22. The molecule has 1 heterocycles. The number of nitrogens with one attached hydrogen (secondary N) is 1. The Bertz CT molecular complexity index is 461. The number of urea groups is 1. The summed E-state index contributed by atoms with van der Waals surface area (Å²) in [5.74, 6) is -0.335. The fourth-order valence-corrected chi connectivity index (χ4v) is 1.72. The molecule has 1 aliphatic heterocycles. The molecule has 1 aromatic rings. The number of aliphatic carboxylic acids is 1. The predicted octanol–water partition coefficient (Wildman–Crippen LogP) is 1.07. The van der Waals surface area contributed by atoms with Gasteiger partial charge in [0.2, 0.25) is 0 Å². The van der Waals surface area contributed by atoms with Crippen LogP contribution in [0, 0.1) is 0 Å². The lowest BCUT2D eigenvalue weighted by atomic mass is 10.3. The highest BCUT2D eigenvalue weighted by atomic mass is 16.5. The third-order valence-electron chi connectivity index (χ3n) is 2.57. The first-order chi connectivity index (χ1) is 8.66. The SMILES string of the molecule is O=C(O)CCOc1cccc(N2CCNC2=O)c1. The fourth-order valence-electron chi connectivity index (χ4n) is 1.72. The second-order valence-electron chi connectivity index (χ2n) is 3.87. The van der Waals surface area contributed by atoms with Crippen molar-refractivity contribution in [1.82, 2.24) is 5.32 Å². The molecule has 0 unspecified atom stereocenters. The van der Waals surface area contributed by atoms with E-state index < -0.39 is 5.97 Å². The molecule has 1 aliphatic rings. The third kappa shape index (κ3) is 2.91. The Labute approximate surface area is 104 Å². The number of carbonyl (C=O) groups excluding carboxylic acids is 1. The summed E-state index contributed by atoms with van der Waals surface area (Å²) in [7, 11) is 0. The Balaban J connectivity index is 2.00. The molecule has 1 saturated heterocycles. The number of ether oxygens (including phenoxy) is 1. The number of carbonyl (C=O) groups is 2. The van der Waals surface area contributed by atoms with Gasteiger partial charge in [0.15, 0.2) is 0 Å². The van der Waals surface area contributed by atoms with E-state index in [1.807, 2.05) is 6.07 Å². The van der Waals surface area contributed by atoms with Crippen LogP contribution in [0.1, 0.15) is 6.42 Å². The first kappa shape index (κ1) is 12.2. The van der Waals surface area contributed by atoms with Gasteiger partial charge in [-0.15, -0.1) is 0 Å². The molecule has 0 radical (unpaired) electrons. The van der Waals surface area contributed by atoms with E-state index in [9.17, 15) is 9.59 Å². The minimum absolute atomic E-state index is 0.0472. The van der Waals surface area contributed by atoms with E-state index in [0.717, 1.165) is 5.69 Å². The number of hydrogen-bond donors (Lipinski definition) is 2. The van der Waals surface area contributed by atoms with Crippen molar-refractivity contribution in [3.8, 4) is 5.75 Å². The van der Waals surface area contributed by atoms with E-state index in [1.54, 1.807) is 23.1 Å². The van der Waals surface area contributed by atoms with Gasteiger partial charge in [-0.05, 0) is 12.1 Å². The number of benzene rings is 1. The van der Waals surface area contributed by atoms with Crippen LogP contribution in [0.5, 0.6) is 5.75 Å². The van der Waals surface area contributed by atoms with Gasteiger partial charge < -0.3 is 15.2 Å². The zero-order chi connectivity index (χ0) is 13.0. The van der Waals surface area contributed by atoms with E-state index >= 15 is 0 Å². The summed E-state index contributed by atoms with van der Waals surface area (Å²) in [4.78, 5) is 23.5. The van der Waals surface area contributed by atoms with Crippen LogP contribution >= 0.6 is 0 Å². The van der Waals surface area contributed by atoms with Gasteiger partial charge in [-0.3, -0.25) is 9.69 Å². The standard InChI is InChI=1S/C12H14N2O4/c15-11(16)4-7-18-10-3-1-2-9(8-10)14-6-5-13-12(14)17/h1-3,8H,4-7H2,(H,13,17)(H,15,16). The summed E-state index contributed by atoms with van der Waals surface area (Å²) in [5.41, 5.74) is 0.748. The highest BCUT2D eigenvalue weighted by molar-refractivity contribution is 5.94. The lowest BCUT2D eigenvalue weighted by Gasteiger charge is -2.15. The number of rotatable bonds is 5. The fraction of sp³-hybridized carbons (Fsp3) is 0.333. The average Bonchev–Trinajstić information content (AvgIpc) is 2.75. The molecule has 96 valence electrons. The molecule has 6 nitrogen and oxygen atoms in total. The third-order valence-corrected chi connectivity index (χ3v) is 2.57. The molecule has 0 saturated carbocycles. The Morgan fingerprint density at radius 1 is 1.50 bits per heavy atom. The van der Waals surface area contributed by atoms with E-state index in [-0.39, 0.29) is 19.1 Å². The highest BCUT2D eigenvalue weighted by Gasteiger charge is 2.21. The lowest BCUT2D eigenvalue weighted by molar-refractivity contribution is -0.137. The summed E-state index contributed by atoms with van der Waals surface area (Å²) in [6.45, 7) is 1.37. The van der Waals surface area contributed by atoms with Crippen molar-refractivity contribution in [1.29, 1.82) is 0 Å².